The largest absolute Gasteiger partial charge is 0.314 e. The van der Waals surface area contributed by atoms with Gasteiger partial charge in [-0.15, -0.1) is 0 Å². The summed E-state index contributed by atoms with van der Waals surface area (Å²) in [5, 5.41) is 3.71. The molecule has 0 amide bonds. The summed E-state index contributed by atoms with van der Waals surface area (Å²) in [5.74, 6) is 0.771. The van der Waals surface area contributed by atoms with Crippen molar-refractivity contribution in [1.29, 1.82) is 0 Å². The summed E-state index contributed by atoms with van der Waals surface area (Å²) in [6.07, 6.45) is 8.09. The molecule has 2 rings (SSSR count). The van der Waals surface area contributed by atoms with E-state index < -0.39 is 0 Å². The normalized spacial score (nSPS) is 25.5. The average Bonchev–Trinajstić information content (AvgIpc) is 2.63. The molecule has 0 spiro atoms. The molecule has 94 valence electrons. The van der Waals surface area contributed by atoms with Gasteiger partial charge in [-0.05, 0) is 43.7 Å². The summed E-state index contributed by atoms with van der Waals surface area (Å²) >= 11 is 0. The highest BCUT2D eigenvalue weighted by atomic mass is 14.9. The first-order valence-corrected chi connectivity index (χ1v) is 7.18. The van der Waals surface area contributed by atoms with Crippen LogP contribution in [0.4, 0.5) is 0 Å². The summed E-state index contributed by atoms with van der Waals surface area (Å²) < 4.78 is 0. The molecule has 2 atom stereocenters. The summed E-state index contributed by atoms with van der Waals surface area (Å²) in [7, 11) is 0. The highest BCUT2D eigenvalue weighted by molar-refractivity contribution is 5.20. The Morgan fingerprint density at radius 2 is 1.88 bits per heavy atom. The van der Waals surface area contributed by atoms with Crippen LogP contribution in [0.2, 0.25) is 0 Å². The van der Waals surface area contributed by atoms with Gasteiger partial charge in [-0.25, -0.2) is 0 Å². The van der Waals surface area contributed by atoms with Crippen LogP contribution in [-0.2, 0) is 0 Å². The van der Waals surface area contributed by atoms with E-state index in [2.05, 4.69) is 42.6 Å². The van der Waals surface area contributed by atoms with Crippen LogP contribution in [0.1, 0.15) is 56.9 Å². The number of rotatable bonds is 4. The lowest BCUT2D eigenvalue weighted by atomic mass is 9.90. The number of hydrogen-bond donors (Lipinski definition) is 1. The summed E-state index contributed by atoms with van der Waals surface area (Å²) in [4.78, 5) is 0. The molecular formula is C16H25N. The van der Waals surface area contributed by atoms with Crippen molar-refractivity contribution in [3.05, 3.63) is 35.9 Å². The first-order valence-electron chi connectivity index (χ1n) is 7.18. The van der Waals surface area contributed by atoms with Gasteiger partial charge in [0.05, 0.1) is 0 Å². The monoisotopic (exact) mass is 231 g/mol. The molecule has 0 aromatic heterocycles. The molecular weight excluding hydrogens is 206 g/mol. The van der Waals surface area contributed by atoms with E-state index in [-0.39, 0.29) is 0 Å². The van der Waals surface area contributed by atoms with E-state index in [9.17, 15) is 0 Å². The van der Waals surface area contributed by atoms with Crippen molar-refractivity contribution in [2.24, 2.45) is 0 Å². The van der Waals surface area contributed by atoms with Crippen LogP contribution in [0.5, 0.6) is 0 Å². The highest BCUT2D eigenvalue weighted by Crippen LogP contribution is 2.31. The second kappa shape index (κ2) is 6.80. The Kier molecular flexibility index (Phi) is 5.06. The Balaban J connectivity index is 1.97. The van der Waals surface area contributed by atoms with E-state index in [1.165, 1.54) is 50.6 Å². The van der Waals surface area contributed by atoms with Crippen LogP contribution in [0.3, 0.4) is 0 Å². The highest BCUT2D eigenvalue weighted by Gasteiger charge is 2.20. The molecule has 1 saturated carbocycles. The van der Waals surface area contributed by atoms with Crippen LogP contribution in [0.15, 0.2) is 30.3 Å². The maximum Gasteiger partial charge on any atom is 0.00728 e. The van der Waals surface area contributed by atoms with E-state index in [4.69, 9.17) is 0 Å². The predicted molar refractivity (Wildman–Crippen MR) is 74.3 cm³/mol. The van der Waals surface area contributed by atoms with E-state index in [1.807, 2.05) is 0 Å². The van der Waals surface area contributed by atoms with E-state index in [0.29, 0.717) is 0 Å². The van der Waals surface area contributed by atoms with Gasteiger partial charge >= 0.3 is 0 Å². The Morgan fingerprint density at radius 1 is 1.12 bits per heavy atom. The van der Waals surface area contributed by atoms with Crippen LogP contribution < -0.4 is 5.32 Å². The van der Waals surface area contributed by atoms with Crippen molar-refractivity contribution in [2.75, 3.05) is 6.54 Å². The second-order valence-electron chi connectivity index (χ2n) is 5.28. The Labute approximate surface area is 106 Å². The van der Waals surface area contributed by atoms with E-state index in [1.54, 1.807) is 0 Å². The number of benzene rings is 1. The van der Waals surface area contributed by atoms with Crippen molar-refractivity contribution in [3.8, 4) is 0 Å². The fraction of sp³-hybridized carbons (Fsp3) is 0.625. The SMILES string of the molecule is CCCNC1CCCCC(c2ccccc2)C1. The Hall–Kier alpha value is -0.820. The van der Waals surface area contributed by atoms with Gasteiger partial charge < -0.3 is 5.32 Å². The molecule has 1 aromatic carbocycles. The molecule has 1 aromatic rings. The van der Waals surface area contributed by atoms with Crippen molar-refractivity contribution in [1.82, 2.24) is 5.32 Å². The van der Waals surface area contributed by atoms with Gasteiger partial charge in [0.25, 0.3) is 0 Å². The van der Waals surface area contributed by atoms with Crippen LogP contribution >= 0.6 is 0 Å². The zero-order chi connectivity index (χ0) is 11.9. The minimum atomic E-state index is 0.739. The molecule has 0 saturated heterocycles. The van der Waals surface area contributed by atoms with Crippen LogP contribution in [-0.4, -0.2) is 12.6 Å². The molecule has 0 radical (unpaired) electrons. The molecule has 17 heavy (non-hydrogen) atoms. The lowest BCUT2D eigenvalue weighted by Gasteiger charge is -2.21. The summed E-state index contributed by atoms with van der Waals surface area (Å²) in [6.45, 7) is 3.42. The number of nitrogens with one attached hydrogen (secondary N) is 1. The van der Waals surface area contributed by atoms with E-state index in [0.717, 1.165) is 12.0 Å². The molecule has 1 fully saturated rings. The minimum Gasteiger partial charge on any atom is -0.314 e. The van der Waals surface area contributed by atoms with E-state index >= 15 is 0 Å². The lowest BCUT2D eigenvalue weighted by molar-refractivity contribution is 0.439. The zero-order valence-electron chi connectivity index (χ0n) is 11.0. The predicted octanol–water partition coefficient (Wildman–Crippen LogP) is 4.10. The molecule has 0 heterocycles. The van der Waals surface area contributed by atoms with Crippen LogP contribution in [0, 0.1) is 0 Å². The maximum absolute atomic E-state index is 3.71. The Bertz CT molecular complexity index is 307. The van der Waals surface area contributed by atoms with Gasteiger partial charge in [0.2, 0.25) is 0 Å². The van der Waals surface area contributed by atoms with Crippen molar-refractivity contribution in [3.63, 3.8) is 0 Å². The standard InChI is InChI=1S/C16H25N/c1-2-12-17-16-11-7-6-10-15(13-16)14-8-4-3-5-9-14/h3-5,8-9,15-17H,2,6-7,10-13H2,1H3. The van der Waals surface area contributed by atoms with Gasteiger partial charge in [-0.3, -0.25) is 0 Å². The third-order valence-corrected chi connectivity index (χ3v) is 3.88. The van der Waals surface area contributed by atoms with Crippen LogP contribution in [0.25, 0.3) is 0 Å². The molecule has 1 heteroatoms. The molecule has 1 aliphatic rings. The summed E-state index contributed by atoms with van der Waals surface area (Å²) in [6, 6.07) is 11.8. The minimum absolute atomic E-state index is 0.739. The first-order chi connectivity index (χ1) is 8.40. The fourth-order valence-electron chi connectivity index (χ4n) is 2.92. The van der Waals surface area contributed by atoms with Gasteiger partial charge in [0.1, 0.15) is 0 Å². The second-order valence-corrected chi connectivity index (χ2v) is 5.28. The molecule has 0 aliphatic heterocycles. The van der Waals surface area contributed by atoms with Crippen molar-refractivity contribution in [2.45, 2.75) is 57.4 Å². The van der Waals surface area contributed by atoms with Crippen molar-refractivity contribution >= 4 is 0 Å². The third kappa shape index (κ3) is 3.85. The lowest BCUT2D eigenvalue weighted by Crippen LogP contribution is -2.30. The van der Waals surface area contributed by atoms with Gasteiger partial charge in [-0.1, -0.05) is 50.1 Å². The zero-order valence-corrected chi connectivity index (χ0v) is 11.0. The molecule has 0 bridgehead atoms. The maximum atomic E-state index is 3.71. The first kappa shape index (κ1) is 12.6. The molecule has 1 nitrogen and oxygen atoms in total. The molecule has 1 N–H and O–H groups in total. The van der Waals surface area contributed by atoms with Gasteiger partial charge in [0, 0.05) is 6.04 Å². The number of hydrogen-bond acceptors (Lipinski definition) is 1. The quantitative estimate of drug-likeness (QED) is 0.769. The van der Waals surface area contributed by atoms with Gasteiger partial charge in [0.15, 0.2) is 0 Å². The fourth-order valence-corrected chi connectivity index (χ4v) is 2.92. The van der Waals surface area contributed by atoms with Gasteiger partial charge in [-0.2, -0.15) is 0 Å². The summed E-state index contributed by atoms with van der Waals surface area (Å²) in [5.41, 5.74) is 1.54. The third-order valence-electron chi connectivity index (χ3n) is 3.88. The molecule has 1 aliphatic carbocycles. The average molecular weight is 231 g/mol. The smallest absolute Gasteiger partial charge is 0.00728 e. The topological polar surface area (TPSA) is 12.0 Å². The Morgan fingerprint density at radius 3 is 2.65 bits per heavy atom. The van der Waals surface area contributed by atoms with Crippen molar-refractivity contribution < 1.29 is 0 Å². The molecule has 2 unspecified atom stereocenters.